The van der Waals surface area contributed by atoms with Crippen molar-refractivity contribution >= 4 is 10.0 Å². The normalized spacial score (nSPS) is 23.6. The summed E-state index contributed by atoms with van der Waals surface area (Å²) in [5.41, 5.74) is 0. The van der Waals surface area contributed by atoms with Gasteiger partial charge >= 0.3 is 0 Å². The number of benzene rings is 1. The molecule has 0 amide bonds. The molecule has 1 saturated carbocycles. The van der Waals surface area contributed by atoms with Crippen LogP contribution in [0.5, 0.6) is 5.75 Å². The van der Waals surface area contributed by atoms with Crippen molar-refractivity contribution in [3.05, 3.63) is 24.3 Å². The lowest BCUT2D eigenvalue weighted by atomic mass is 9.81. The van der Waals surface area contributed by atoms with Crippen LogP contribution in [0.4, 0.5) is 0 Å². The van der Waals surface area contributed by atoms with Crippen LogP contribution in [-0.2, 0) is 10.0 Å². The van der Waals surface area contributed by atoms with Crippen LogP contribution in [-0.4, -0.2) is 20.1 Å². The summed E-state index contributed by atoms with van der Waals surface area (Å²) in [7, 11) is -3.45. The molecule has 1 aromatic rings. The van der Waals surface area contributed by atoms with E-state index < -0.39 is 10.0 Å². The fourth-order valence-electron chi connectivity index (χ4n) is 2.93. The Morgan fingerprint density at radius 1 is 1.25 bits per heavy atom. The molecule has 4 nitrogen and oxygen atoms in total. The fraction of sp³-hybridized carbons (Fsp3) is 0.600. The first-order valence-corrected chi connectivity index (χ1v) is 8.74. The van der Waals surface area contributed by atoms with Crippen molar-refractivity contribution < 1.29 is 13.5 Å². The summed E-state index contributed by atoms with van der Waals surface area (Å²) >= 11 is 0. The van der Waals surface area contributed by atoms with Crippen LogP contribution in [0, 0.1) is 11.8 Å². The quantitative estimate of drug-likeness (QED) is 0.878. The molecule has 1 aliphatic carbocycles. The van der Waals surface area contributed by atoms with Crippen molar-refractivity contribution in [2.75, 3.05) is 6.54 Å². The highest BCUT2D eigenvalue weighted by atomic mass is 32.2. The second-order valence-corrected chi connectivity index (χ2v) is 7.59. The number of phenolic OH excluding ortho intramolecular Hbond substituents is 1. The van der Waals surface area contributed by atoms with E-state index in [1.165, 1.54) is 49.9 Å². The van der Waals surface area contributed by atoms with Crippen molar-refractivity contribution in [2.45, 2.75) is 43.9 Å². The molecule has 112 valence electrons. The molecule has 2 unspecified atom stereocenters. The van der Waals surface area contributed by atoms with Gasteiger partial charge in [-0.25, -0.2) is 13.1 Å². The van der Waals surface area contributed by atoms with Gasteiger partial charge in [-0.1, -0.05) is 26.2 Å². The van der Waals surface area contributed by atoms with Crippen molar-refractivity contribution in [2.24, 2.45) is 11.8 Å². The smallest absolute Gasteiger partial charge is 0.240 e. The van der Waals surface area contributed by atoms with Crippen LogP contribution >= 0.6 is 0 Å². The molecule has 2 rings (SSSR count). The minimum atomic E-state index is -3.45. The predicted molar refractivity (Wildman–Crippen MR) is 79.0 cm³/mol. The fourth-order valence-corrected chi connectivity index (χ4v) is 3.98. The van der Waals surface area contributed by atoms with Crippen LogP contribution in [0.1, 0.15) is 39.0 Å². The average molecular weight is 297 g/mol. The highest BCUT2D eigenvalue weighted by Gasteiger charge is 2.20. The summed E-state index contributed by atoms with van der Waals surface area (Å²) in [6.07, 6.45) is 5.89. The van der Waals surface area contributed by atoms with Gasteiger partial charge in [0.25, 0.3) is 0 Å². The zero-order chi connectivity index (χ0) is 14.6. The topological polar surface area (TPSA) is 66.4 Å². The molecule has 1 aromatic carbocycles. The molecule has 2 atom stereocenters. The molecule has 1 fully saturated rings. The number of aromatic hydroxyl groups is 1. The summed E-state index contributed by atoms with van der Waals surface area (Å²) in [5.74, 6) is 1.48. The maximum absolute atomic E-state index is 12.1. The molecule has 0 aromatic heterocycles. The minimum Gasteiger partial charge on any atom is -0.508 e. The van der Waals surface area contributed by atoms with Gasteiger partial charge in [0, 0.05) is 6.54 Å². The van der Waals surface area contributed by atoms with Gasteiger partial charge in [0.1, 0.15) is 5.75 Å². The maximum Gasteiger partial charge on any atom is 0.240 e. The van der Waals surface area contributed by atoms with E-state index in [0.717, 1.165) is 12.3 Å². The summed E-state index contributed by atoms with van der Waals surface area (Å²) in [4.78, 5) is 0.201. The number of phenols is 1. The molecule has 0 heterocycles. The first-order chi connectivity index (χ1) is 9.47. The Morgan fingerprint density at radius 3 is 2.60 bits per heavy atom. The zero-order valence-electron chi connectivity index (χ0n) is 11.9. The van der Waals surface area contributed by atoms with Gasteiger partial charge in [-0.2, -0.15) is 0 Å². The second-order valence-electron chi connectivity index (χ2n) is 5.82. The van der Waals surface area contributed by atoms with Gasteiger partial charge in [-0.3, -0.25) is 0 Å². The average Bonchev–Trinajstić information content (AvgIpc) is 2.39. The van der Waals surface area contributed by atoms with Crippen LogP contribution in [0.15, 0.2) is 29.2 Å². The molecule has 0 spiro atoms. The Kier molecular flexibility index (Phi) is 5.05. The van der Waals surface area contributed by atoms with Crippen LogP contribution in [0.2, 0.25) is 0 Å². The SMILES string of the molecule is CC1CCCC(CCNS(=O)(=O)c2ccc(O)cc2)C1. The molecule has 1 aliphatic rings. The molecule has 0 bridgehead atoms. The number of hydrogen-bond acceptors (Lipinski definition) is 3. The van der Waals surface area contributed by atoms with E-state index in [0.29, 0.717) is 12.5 Å². The molecule has 20 heavy (non-hydrogen) atoms. The number of rotatable bonds is 5. The summed E-state index contributed by atoms with van der Waals surface area (Å²) in [6, 6.07) is 5.61. The van der Waals surface area contributed by atoms with Gasteiger partial charge in [-0.05, 0) is 48.9 Å². The van der Waals surface area contributed by atoms with E-state index in [1.807, 2.05) is 0 Å². The first-order valence-electron chi connectivity index (χ1n) is 7.26. The van der Waals surface area contributed by atoms with Gasteiger partial charge in [-0.15, -0.1) is 0 Å². The molecular weight excluding hydrogens is 274 g/mol. The predicted octanol–water partition coefficient (Wildman–Crippen LogP) is 2.89. The second kappa shape index (κ2) is 6.59. The Labute approximate surface area is 121 Å². The standard InChI is InChI=1S/C15H23NO3S/c1-12-3-2-4-13(11-12)9-10-16-20(18,19)15-7-5-14(17)6-8-15/h5-8,12-13,16-17H,2-4,9-11H2,1H3. The summed E-state index contributed by atoms with van der Waals surface area (Å²) in [6.45, 7) is 2.76. The third-order valence-corrected chi connectivity index (χ3v) is 5.51. The van der Waals surface area contributed by atoms with Crippen molar-refractivity contribution in [3.8, 4) is 5.75 Å². The largest absolute Gasteiger partial charge is 0.508 e. The number of sulfonamides is 1. The number of nitrogens with one attached hydrogen (secondary N) is 1. The van der Waals surface area contributed by atoms with Gasteiger partial charge in [0.15, 0.2) is 0 Å². The first kappa shape index (κ1) is 15.3. The molecular formula is C15H23NO3S. The Hall–Kier alpha value is -1.07. The summed E-state index contributed by atoms with van der Waals surface area (Å²) in [5, 5.41) is 9.18. The van der Waals surface area contributed by atoms with E-state index >= 15 is 0 Å². The Balaban J connectivity index is 1.85. The maximum atomic E-state index is 12.1. The van der Waals surface area contributed by atoms with E-state index in [2.05, 4.69) is 11.6 Å². The monoisotopic (exact) mass is 297 g/mol. The van der Waals surface area contributed by atoms with Crippen molar-refractivity contribution in [3.63, 3.8) is 0 Å². The lowest BCUT2D eigenvalue weighted by molar-refractivity contribution is 0.271. The van der Waals surface area contributed by atoms with Crippen molar-refractivity contribution in [1.82, 2.24) is 4.72 Å². The van der Waals surface area contributed by atoms with E-state index in [1.54, 1.807) is 0 Å². The Bertz CT molecular complexity index is 525. The lowest BCUT2D eigenvalue weighted by Gasteiger charge is -2.26. The van der Waals surface area contributed by atoms with Gasteiger partial charge in [0.05, 0.1) is 4.90 Å². The van der Waals surface area contributed by atoms with Gasteiger partial charge < -0.3 is 5.11 Å². The molecule has 5 heteroatoms. The molecule has 0 aliphatic heterocycles. The highest BCUT2D eigenvalue weighted by Crippen LogP contribution is 2.30. The lowest BCUT2D eigenvalue weighted by Crippen LogP contribution is -2.27. The molecule has 0 saturated heterocycles. The summed E-state index contributed by atoms with van der Waals surface area (Å²) < 4.78 is 26.8. The van der Waals surface area contributed by atoms with Crippen LogP contribution in [0.25, 0.3) is 0 Å². The zero-order valence-corrected chi connectivity index (χ0v) is 12.7. The van der Waals surface area contributed by atoms with E-state index in [9.17, 15) is 13.5 Å². The minimum absolute atomic E-state index is 0.0696. The van der Waals surface area contributed by atoms with E-state index in [4.69, 9.17) is 0 Å². The molecule has 0 radical (unpaired) electrons. The number of hydrogen-bond donors (Lipinski definition) is 2. The van der Waals surface area contributed by atoms with Gasteiger partial charge in [0.2, 0.25) is 10.0 Å². The third kappa shape index (κ3) is 4.21. The van der Waals surface area contributed by atoms with E-state index in [-0.39, 0.29) is 10.6 Å². The third-order valence-electron chi connectivity index (χ3n) is 4.04. The van der Waals surface area contributed by atoms with Crippen molar-refractivity contribution in [1.29, 1.82) is 0 Å². The molecule has 2 N–H and O–H groups in total. The van der Waals surface area contributed by atoms with Crippen LogP contribution < -0.4 is 4.72 Å². The highest BCUT2D eigenvalue weighted by molar-refractivity contribution is 7.89. The Morgan fingerprint density at radius 2 is 1.95 bits per heavy atom. The van der Waals surface area contributed by atoms with Crippen LogP contribution in [0.3, 0.4) is 0 Å².